The Balaban J connectivity index is 1.42. The Labute approximate surface area is 234 Å². The van der Waals surface area contributed by atoms with Crippen LogP contribution in [0.2, 0.25) is 0 Å². The number of ether oxygens (including phenoxy) is 1. The Morgan fingerprint density at radius 2 is 1.82 bits per heavy atom. The van der Waals surface area contributed by atoms with Gasteiger partial charge in [-0.05, 0) is 57.7 Å². The number of methoxy groups -OCH3 is 1. The summed E-state index contributed by atoms with van der Waals surface area (Å²) < 4.78 is 45.4. The van der Waals surface area contributed by atoms with Gasteiger partial charge in [0, 0.05) is 71.0 Å². The van der Waals surface area contributed by atoms with Gasteiger partial charge in [-0.25, -0.2) is 4.73 Å². The minimum atomic E-state index is -4.36. The zero-order valence-electron chi connectivity index (χ0n) is 24.0. The van der Waals surface area contributed by atoms with Crippen molar-refractivity contribution in [1.82, 2.24) is 19.7 Å². The number of likely N-dealkylation sites (tertiary alicyclic amines) is 1. The number of hydrogen-bond donors (Lipinski definition) is 0. The number of carbonyl (C=O) groups excluding carboxylic acids is 1. The van der Waals surface area contributed by atoms with Crippen molar-refractivity contribution in [3.63, 3.8) is 0 Å². The minimum absolute atomic E-state index is 0.0404. The molecule has 2 aromatic rings. The molecule has 2 fully saturated rings. The Morgan fingerprint density at radius 3 is 2.40 bits per heavy atom. The first kappa shape index (κ1) is 30.2. The van der Waals surface area contributed by atoms with E-state index in [9.17, 15) is 23.2 Å². The van der Waals surface area contributed by atoms with Gasteiger partial charge in [0.25, 0.3) is 12.2 Å². The maximum Gasteiger partial charge on any atom is 0.416 e. The Bertz CT molecular complexity index is 1180. The van der Waals surface area contributed by atoms with E-state index in [0.717, 1.165) is 50.2 Å². The highest BCUT2D eigenvalue weighted by molar-refractivity contribution is 5.96. The lowest BCUT2D eigenvalue weighted by Gasteiger charge is -2.53. The van der Waals surface area contributed by atoms with Gasteiger partial charge in [0.2, 0.25) is 0 Å². The monoisotopic (exact) mass is 563 g/mol. The first-order valence-electron chi connectivity index (χ1n) is 13.9. The summed E-state index contributed by atoms with van der Waals surface area (Å²) in [5.41, 5.74) is 1.46. The number of aryl methyl sites for hydroxylation is 1. The van der Waals surface area contributed by atoms with Crippen LogP contribution in [-0.4, -0.2) is 83.6 Å². The summed E-state index contributed by atoms with van der Waals surface area (Å²) in [6.07, 6.45) is -0.854. The molecule has 0 radical (unpaired) electrons. The highest BCUT2D eigenvalue weighted by Gasteiger charge is 2.42. The molecule has 0 N–H and O–H groups in total. The van der Waals surface area contributed by atoms with E-state index in [-0.39, 0.29) is 23.5 Å². The van der Waals surface area contributed by atoms with Gasteiger partial charge in [0.15, 0.2) is 5.69 Å². The van der Waals surface area contributed by atoms with Gasteiger partial charge >= 0.3 is 6.18 Å². The van der Waals surface area contributed by atoms with Gasteiger partial charge in [-0.1, -0.05) is 17.1 Å². The lowest BCUT2D eigenvalue weighted by Crippen LogP contribution is -2.62. The summed E-state index contributed by atoms with van der Waals surface area (Å²) in [5.74, 6) is -0.148. The molecule has 2 aliphatic heterocycles. The fraction of sp³-hybridized carbons (Fsp3) is 0.621. The van der Waals surface area contributed by atoms with Gasteiger partial charge < -0.3 is 14.8 Å². The topological polar surface area (TPSA) is 75.9 Å². The number of benzene rings is 1. The molecule has 2 atom stereocenters. The number of aromatic nitrogens is 2. The molecular formula is C29H40F3N5O3. The lowest BCUT2D eigenvalue weighted by molar-refractivity contribution is -0.615. The zero-order chi connectivity index (χ0) is 29.2. The second-order valence-electron chi connectivity index (χ2n) is 11.4. The van der Waals surface area contributed by atoms with Crippen LogP contribution in [0.4, 0.5) is 13.2 Å². The average molecular weight is 564 g/mol. The summed E-state index contributed by atoms with van der Waals surface area (Å²) in [6.45, 7) is 12.0. The Kier molecular flexibility index (Phi) is 9.06. The number of carbonyl (C=O) groups is 1. The van der Waals surface area contributed by atoms with Gasteiger partial charge in [0.05, 0.1) is 5.56 Å². The fourth-order valence-corrected chi connectivity index (χ4v) is 6.21. The minimum Gasteiger partial charge on any atom is -0.711 e. The van der Waals surface area contributed by atoms with Crippen molar-refractivity contribution in [3.05, 3.63) is 63.9 Å². The van der Waals surface area contributed by atoms with Crippen LogP contribution in [0.5, 0.6) is 0 Å². The molecule has 0 spiro atoms. The fourth-order valence-electron chi connectivity index (χ4n) is 6.21. The average Bonchev–Trinajstić information content (AvgIpc) is 2.92. The number of piperazine rings is 1. The largest absolute Gasteiger partial charge is 0.711 e. The third-order valence-corrected chi connectivity index (χ3v) is 8.81. The summed E-state index contributed by atoms with van der Waals surface area (Å²) in [7, 11) is 1.64. The molecule has 1 amide bonds. The van der Waals surface area contributed by atoms with E-state index < -0.39 is 11.7 Å². The summed E-state index contributed by atoms with van der Waals surface area (Å²) in [4.78, 5) is 24.1. The third kappa shape index (κ3) is 6.26. The van der Waals surface area contributed by atoms with E-state index in [1.807, 2.05) is 4.90 Å². The number of hydrogen-bond acceptors (Lipinski definition) is 6. The Hall–Kier alpha value is -2.76. The van der Waals surface area contributed by atoms with Gasteiger partial charge in [-0.2, -0.15) is 13.2 Å². The molecule has 2 saturated heterocycles. The highest BCUT2D eigenvalue weighted by Crippen LogP contribution is 2.36. The number of alkyl halides is 3. The predicted octanol–water partition coefficient (Wildman–Crippen LogP) is 4.13. The molecule has 0 bridgehead atoms. The van der Waals surface area contributed by atoms with Gasteiger partial charge in [0.1, 0.15) is 11.3 Å². The summed E-state index contributed by atoms with van der Waals surface area (Å²) in [5, 5.41) is 12.0. The second kappa shape index (κ2) is 12.0. The van der Waals surface area contributed by atoms with Crippen LogP contribution in [0.3, 0.4) is 0 Å². The number of nitrogens with zero attached hydrogens (tertiary/aromatic N) is 5. The highest BCUT2D eigenvalue weighted by atomic mass is 19.4. The van der Waals surface area contributed by atoms with Crippen LogP contribution >= 0.6 is 0 Å². The smallest absolute Gasteiger partial charge is 0.416 e. The van der Waals surface area contributed by atoms with Crippen LogP contribution in [0.1, 0.15) is 72.0 Å². The first-order valence-corrected chi connectivity index (χ1v) is 13.9. The number of halogens is 3. The number of rotatable bonds is 7. The van der Waals surface area contributed by atoms with Crippen LogP contribution in [0.15, 0.2) is 30.6 Å². The van der Waals surface area contributed by atoms with E-state index in [2.05, 4.69) is 28.6 Å². The lowest BCUT2D eigenvalue weighted by atomic mass is 9.85. The van der Waals surface area contributed by atoms with Gasteiger partial charge in [-0.15, -0.1) is 0 Å². The molecule has 2 aliphatic rings. The molecule has 3 heterocycles. The zero-order valence-corrected chi connectivity index (χ0v) is 24.0. The predicted molar refractivity (Wildman–Crippen MR) is 145 cm³/mol. The molecule has 0 aliphatic carbocycles. The van der Waals surface area contributed by atoms with Crippen LogP contribution in [-0.2, 0) is 10.9 Å². The maximum atomic E-state index is 13.3. The molecule has 0 saturated carbocycles. The Morgan fingerprint density at radius 1 is 1.18 bits per heavy atom. The van der Waals surface area contributed by atoms with Gasteiger partial charge in [-0.3, -0.25) is 14.6 Å². The van der Waals surface area contributed by atoms with Crippen molar-refractivity contribution < 1.29 is 27.4 Å². The molecule has 220 valence electrons. The number of piperidine rings is 1. The summed E-state index contributed by atoms with van der Waals surface area (Å²) >= 11 is 0. The van der Waals surface area contributed by atoms with Crippen molar-refractivity contribution in [1.29, 1.82) is 0 Å². The van der Waals surface area contributed by atoms with Crippen molar-refractivity contribution in [2.45, 2.75) is 70.8 Å². The quantitative estimate of drug-likeness (QED) is 0.373. The molecule has 11 heteroatoms. The van der Waals surface area contributed by atoms with E-state index in [4.69, 9.17) is 4.74 Å². The molecular weight excluding hydrogens is 523 g/mol. The van der Waals surface area contributed by atoms with Crippen molar-refractivity contribution in [2.75, 3.05) is 46.4 Å². The number of amides is 1. The first-order chi connectivity index (χ1) is 18.9. The second-order valence-corrected chi connectivity index (χ2v) is 11.4. The van der Waals surface area contributed by atoms with Crippen LogP contribution < -0.4 is 4.73 Å². The molecule has 1 unspecified atom stereocenters. The standard InChI is InChI=1S/C29H40F3N5O3/c1-20-18-35(15-16-36(20)25(10-17-40-5)23-6-8-24(9-7-23)29(30,31)32)28(4)11-13-34(14-12-28)27(38)26-21(2)33-19-37(39)22(26)3/h6-9,19-20,25H,10-18H2,1-5H3/t20-,25?/m0/s1. The van der Waals surface area contributed by atoms with Crippen LogP contribution in [0, 0.1) is 19.1 Å². The summed E-state index contributed by atoms with van der Waals surface area (Å²) in [6, 6.07) is 5.66. The third-order valence-electron chi connectivity index (χ3n) is 8.81. The van der Waals surface area contributed by atoms with E-state index in [0.29, 0.717) is 47.8 Å². The molecule has 1 aromatic carbocycles. The van der Waals surface area contributed by atoms with Crippen LogP contribution in [0.25, 0.3) is 0 Å². The van der Waals surface area contributed by atoms with Crippen molar-refractivity contribution >= 4 is 5.91 Å². The van der Waals surface area contributed by atoms with Crippen molar-refractivity contribution in [3.8, 4) is 0 Å². The normalized spacial score (nSPS) is 21.4. The van der Waals surface area contributed by atoms with E-state index in [1.54, 1.807) is 33.1 Å². The van der Waals surface area contributed by atoms with E-state index in [1.165, 1.54) is 6.33 Å². The van der Waals surface area contributed by atoms with E-state index >= 15 is 0 Å². The molecule has 40 heavy (non-hydrogen) atoms. The maximum absolute atomic E-state index is 13.3. The molecule has 1 aromatic heterocycles. The molecule has 8 nitrogen and oxygen atoms in total. The van der Waals surface area contributed by atoms with Crippen molar-refractivity contribution in [2.24, 2.45) is 0 Å². The SMILES string of the molecule is COCCC(c1ccc(C(F)(F)F)cc1)N1CCN(C2(C)CCN(C(=O)c3c(C)nc[n+]([O-])c3C)CC2)C[C@@H]1C. The molecule has 4 rings (SSSR count).